The van der Waals surface area contributed by atoms with Gasteiger partial charge in [0.15, 0.2) is 5.78 Å². The van der Waals surface area contributed by atoms with Gasteiger partial charge in [0, 0.05) is 10.0 Å². The monoisotopic (exact) mass is 336 g/mol. The van der Waals surface area contributed by atoms with E-state index in [-0.39, 0.29) is 5.78 Å². The molecule has 62 valence electrons. The summed E-state index contributed by atoms with van der Waals surface area (Å²) in [5, 5.41) is 0. The van der Waals surface area contributed by atoms with Crippen LogP contribution in [0.25, 0.3) is 0 Å². The Morgan fingerprint density at radius 2 is 1.83 bits per heavy atom. The van der Waals surface area contributed by atoms with Crippen LogP contribution in [0.5, 0.6) is 0 Å². The smallest absolute Gasteiger partial charge is 0.198 e. The first kappa shape index (κ1) is 9.92. The minimum atomic E-state index is -0.0110. The van der Waals surface area contributed by atoms with E-state index in [4.69, 9.17) is 0 Å². The van der Waals surface area contributed by atoms with Gasteiger partial charge in [0.1, 0.15) is 0 Å². The molecule has 0 aliphatic heterocycles. The molecule has 0 fully saturated rings. The van der Waals surface area contributed by atoms with Crippen LogP contribution in [0, 0.1) is 0 Å². The normalized spacial score (nSPS) is 9.50. The first-order chi connectivity index (χ1) is 5.61. The Kier molecular flexibility index (Phi) is 3.46. The molecule has 1 aromatic rings. The van der Waals surface area contributed by atoms with Gasteiger partial charge in [0.05, 0.1) is 3.58 Å². The van der Waals surface area contributed by atoms with Crippen molar-refractivity contribution in [1.29, 1.82) is 0 Å². The summed E-state index contributed by atoms with van der Waals surface area (Å²) in [4.78, 5) is 11.3. The average molecular weight is 337 g/mol. The predicted molar refractivity (Wildman–Crippen MR) is 61.6 cm³/mol. The first-order valence-electron chi connectivity index (χ1n) is 3.26. The second-order valence-electron chi connectivity index (χ2n) is 2.24. The zero-order valence-corrected chi connectivity index (χ0v) is 9.92. The third-order valence-electron chi connectivity index (χ3n) is 1.35. The van der Waals surface area contributed by atoms with Crippen LogP contribution in [0.4, 0.5) is 0 Å². The van der Waals surface area contributed by atoms with Gasteiger partial charge >= 0.3 is 0 Å². The molecule has 0 saturated carbocycles. The molecule has 0 heterocycles. The SMILES string of the molecule is C=C(I)C(=O)c1ccc(Br)cc1. The van der Waals surface area contributed by atoms with Gasteiger partial charge < -0.3 is 0 Å². The summed E-state index contributed by atoms with van der Waals surface area (Å²) in [5.41, 5.74) is 0.678. The highest BCUT2D eigenvalue weighted by Gasteiger charge is 2.05. The number of allylic oxidation sites excluding steroid dienone is 1. The lowest BCUT2D eigenvalue weighted by atomic mass is 10.1. The van der Waals surface area contributed by atoms with E-state index in [1.807, 2.05) is 34.7 Å². The van der Waals surface area contributed by atoms with E-state index in [1.165, 1.54) is 0 Å². The molecule has 0 aromatic heterocycles. The van der Waals surface area contributed by atoms with Gasteiger partial charge in [-0.25, -0.2) is 0 Å². The molecular formula is C9H6BrIO. The van der Waals surface area contributed by atoms with Crippen molar-refractivity contribution in [2.75, 3.05) is 0 Å². The van der Waals surface area contributed by atoms with Crippen molar-refractivity contribution >= 4 is 44.3 Å². The molecule has 0 bridgehead atoms. The minimum absolute atomic E-state index is 0.0110. The fourth-order valence-corrected chi connectivity index (χ4v) is 1.33. The van der Waals surface area contributed by atoms with E-state index in [9.17, 15) is 4.79 Å². The Morgan fingerprint density at radius 3 is 2.25 bits per heavy atom. The number of carbonyl (C=O) groups is 1. The third-order valence-corrected chi connectivity index (χ3v) is 2.37. The van der Waals surface area contributed by atoms with Crippen LogP contribution < -0.4 is 0 Å². The molecule has 0 saturated heterocycles. The zero-order chi connectivity index (χ0) is 9.14. The van der Waals surface area contributed by atoms with Gasteiger partial charge in [-0.05, 0) is 46.9 Å². The number of carbonyl (C=O) groups excluding carboxylic acids is 1. The summed E-state index contributed by atoms with van der Waals surface area (Å²) in [6.07, 6.45) is 0. The lowest BCUT2D eigenvalue weighted by Gasteiger charge is -1.97. The van der Waals surface area contributed by atoms with E-state index in [0.717, 1.165) is 4.47 Å². The van der Waals surface area contributed by atoms with Crippen LogP contribution in [0.1, 0.15) is 10.4 Å². The average Bonchev–Trinajstić information content (AvgIpc) is 2.04. The van der Waals surface area contributed by atoms with Crippen molar-refractivity contribution in [3.05, 3.63) is 44.5 Å². The molecule has 1 nitrogen and oxygen atoms in total. The summed E-state index contributed by atoms with van der Waals surface area (Å²) in [6.45, 7) is 3.58. The number of hydrogen-bond acceptors (Lipinski definition) is 1. The standard InChI is InChI=1S/C9H6BrIO/c1-6(11)9(12)7-2-4-8(10)5-3-7/h2-5H,1H2. The van der Waals surface area contributed by atoms with Gasteiger partial charge in [-0.15, -0.1) is 0 Å². The second kappa shape index (κ2) is 4.18. The quantitative estimate of drug-likeness (QED) is 0.458. The predicted octanol–water partition coefficient (Wildman–Crippen LogP) is 3.58. The van der Waals surface area contributed by atoms with Crippen LogP contribution >= 0.6 is 38.5 Å². The Balaban J connectivity index is 2.98. The Morgan fingerprint density at radius 1 is 1.33 bits per heavy atom. The molecule has 0 N–H and O–H groups in total. The fourth-order valence-electron chi connectivity index (χ4n) is 0.758. The molecule has 0 unspecified atom stereocenters. The van der Waals surface area contributed by atoms with Crippen molar-refractivity contribution in [1.82, 2.24) is 0 Å². The van der Waals surface area contributed by atoms with Crippen LogP contribution in [0.3, 0.4) is 0 Å². The van der Waals surface area contributed by atoms with E-state index >= 15 is 0 Å². The molecule has 0 aliphatic carbocycles. The molecule has 1 aromatic carbocycles. The molecule has 12 heavy (non-hydrogen) atoms. The lowest BCUT2D eigenvalue weighted by Crippen LogP contribution is -1.96. The summed E-state index contributed by atoms with van der Waals surface area (Å²) in [5.74, 6) is -0.0110. The summed E-state index contributed by atoms with van der Waals surface area (Å²) in [7, 11) is 0. The highest BCUT2D eigenvalue weighted by atomic mass is 127. The molecule has 0 atom stereocenters. The first-order valence-corrected chi connectivity index (χ1v) is 5.13. The van der Waals surface area contributed by atoms with Gasteiger partial charge in [-0.3, -0.25) is 4.79 Å². The van der Waals surface area contributed by atoms with Gasteiger partial charge in [-0.2, -0.15) is 0 Å². The maximum atomic E-state index is 11.3. The van der Waals surface area contributed by atoms with Gasteiger partial charge in [0.25, 0.3) is 0 Å². The maximum Gasteiger partial charge on any atom is 0.198 e. The number of Topliss-reactive ketones (excluding diaryl/α,β-unsaturated/α-hetero) is 1. The molecular weight excluding hydrogens is 331 g/mol. The topological polar surface area (TPSA) is 17.1 Å². The van der Waals surface area contributed by atoms with Gasteiger partial charge in [-0.1, -0.05) is 22.5 Å². The Labute approximate surface area is 93.1 Å². The number of rotatable bonds is 2. The molecule has 0 radical (unpaired) electrons. The van der Waals surface area contributed by atoms with E-state index in [2.05, 4.69) is 22.5 Å². The lowest BCUT2D eigenvalue weighted by molar-refractivity contribution is 0.104. The second-order valence-corrected chi connectivity index (χ2v) is 4.46. The van der Waals surface area contributed by atoms with Crippen LogP contribution in [-0.4, -0.2) is 5.78 Å². The summed E-state index contributed by atoms with van der Waals surface area (Å²) in [6, 6.07) is 7.23. The molecule has 3 heteroatoms. The largest absolute Gasteiger partial charge is 0.288 e. The maximum absolute atomic E-state index is 11.3. The van der Waals surface area contributed by atoms with Crippen molar-refractivity contribution in [2.24, 2.45) is 0 Å². The molecule has 0 amide bonds. The Hall–Kier alpha value is -0.160. The fraction of sp³-hybridized carbons (Fsp3) is 0. The van der Waals surface area contributed by atoms with Crippen LogP contribution in [0.2, 0.25) is 0 Å². The summed E-state index contributed by atoms with van der Waals surface area (Å²) < 4.78 is 1.51. The summed E-state index contributed by atoms with van der Waals surface area (Å²) >= 11 is 5.22. The number of ketones is 1. The number of hydrogen-bond donors (Lipinski definition) is 0. The van der Waals surface area contributed by atoms with Crippen molar-refractivity contribution in [3.8, 4) is 0 Å². The van der Waals surface area contributed by atoms with Crippen LogP contribution in [0.15, 0.2) is 38.9 Å². The number of benzene rings is 1. The third kappa shape index (κ3) is 2.42. The van der Waals surface area contributed by atoms with Crippen molar-refractivity contribution in [2.45, 2.75) is 0 Å². The zero-order valence-electron chi connectivity index (χ0n) is 6.18. The van der Waals surface area contributed by atoms with E-state index < -0.39 is 0 Å². The molecule has 1 rings (SSSR count). The Bertz CT molecular complexity index is 316. The minimum Gasteiger partial charge on any atom is -0.288 e. The molecule has 0 aliphatic rings. The number of halogens is 2. The highest BCUT2D eigenvalue weighted by Crippen LogP contribution is 2.15. The van der Waals surface area contributed by atoms with Gasteiger partial charge in [0.2, 0.25) is 0 Å². The van der Waals surface area contributed by atoms with E-state index in [1.54, 1.807) is 12.1 Å². The van der Waals surface area contributed by atoms with Crippen LogP contribution in [-0.2, 0) is 0 Å². The van der Waals surface area contributed by atoms with Crippen molar-refractivity contribution in [3.63, 3.8) is 0 Å². The van der Waals surface area contributed by atoms with Crippen molar-refractivity contribution < 1.29 is 4.79 Å². The molecule has 0 spiro atoms. The van der Waals surface area contributed by atoms with E-state index in [0.29, 0.717) is 9.14 Å². The highest BCUT2D eigenvalue weighted by molar-refractivity contribution is 14.1.